The number of hydrogen-bond donors (Lipinski definition) is 3. The number of carbonyl (C=O) groups excluding carboxylic acids is 2. The molecule has 0 saturated carbocycles. The van der Waals surface area contributed by atoms with Crippen molar-refractivity contribution < 1.29 is 18.0 Å². The van der Waals surface area contributed by atoms with Crippen LogP contribution >= 0.6 is 0 Å². The van der Waals surface area contributed by atoms with Crippen LogP contribution in [-0.4, -0.2) is 49.3 Å². The third-order valence-electron chi connectivity index (χ3n) is 5.06. The maximum atomic E-state index is 12.5. The zero-order valence-electron chi connectivity index (χ0n) is 15.5. The average molecular weight is 391 g/mol. The van der Waals surface area contributed by atoms with E-state index in [1.54, 1.807) is 13.8 Å². The fourth-order valence-electron chi connectivity index (χ4n) is 3.25. The molecule has 3 rings (SSSR count). The fraction of sp³-hybridized carbons (Fsp3) is 0.474. The van der Waals surface area contributed by atoms with E-state index < -0.39 is 27.2 Å². The molecule has 1 aromatic heterocycles. The second-order valence-corrected chi connectivity index (χ2v) is 9.79. The summed E-state index contributed by atoms with van der Waals surface area (Å²) in [6.45, 7) is 3.51. The van der Waals surface area contributed by atoms with Crippen LogP contribution in [0.5, 0.6) is 0 Å². The summed E-state index contributed by atoms with van der Waals surface area (Å²) >= 11 is 0. The second kappa shape index (κ2) is 7.34. The lowest BCUT2D eigenvalue weighted by molar-refractivity contribution is -0.141. The van der Waals surface area contributed by atoms with Gasteiger partial charge in [0, 0.05) is 29.7 Å². The predicted octanol–water partition coefficient (Wildman–Crippen LogP) is 1.16. The van der Waals surface area contributed by atoms with E-state index in [2.05, 4.69) is 15.6 Å². The first-order valence-electron chi connectivity index (χ1n) is 9.04. The van der Waals surface area contributed by atoms with Crippen LogP contribution in [0.3, 0.4) is 0 Å². The highest BCUT2D eigenvalue weighted by molar-refractivity contribution is 7.91. The molecule has 0 spiro atoms. The third-order valence-corrected chi connectivity index (χ3v) is 6.83. The second-order valence-electron chi connectivity index (χ2n) is 7.56. The quantitative estimate of drug-likeness (QED) is 0.642. The van der Waals surface area contributed by atoms with Gasteiger partial charge in [-0.25, -0.2) is 8.42 Å². The highest BCUT2D eigenvalue weighted by Gasteiger charge is 2.38. The molecule has 3 N–H and O–H groups in total. The Hall–Kier alpha value is -2.35. The molecule has 1 aliphatic heterocycles. The third kappa shape index (κ3) is 4.32. The molecule has 2 heterocycles. The Labute approximate surface area is 158 Å². The zero-order valence-corrected chi connectivity index (χ0v) is 16.4. The lowest BCUT2D eigenvalue weighted by atomic mass is 9.90. The molecule has 0 bridgehead atoms. The Morgan fingerprint density at radius 1 is 1.22 bits per heavy atom. The van der Waals surface area contributed by atoms with Gasteiger partial charge in [-0.15, -0.1) is 0 Å². The minimum absolute atomic E-state index is 0.0585. The molecular formula is C19H25N3O4S. The number of amides is 2. The minimum atomic E-state index is -3.08. The Kier molecular flexibility index (Phi) is 5.28. The van der Waals surface area contributed by atoms with Crippen LogP contribution in [0, 0.1) is 5.41 Å². The summed E-state index contributed by atoms with van der Waals surface area (Å²) in [5, 5.41) is 6.63. The monoisotopic (exact) mass is 391 g/mol. The van der Waals surface area contributed by atoms with E-state index in [1.807, 2.05) is 30.5 Å². The van der Waals surface area contributed by atoms with Crippen LogP contribution in [0.2, 0.25) is 0 Å². The van der Waals surface area contributed by atoms with Crippen molar-refractivity contribution in [2.75, 3.05) is 18.1 Å². The van der Waals surface area contributed by atoms with E-state index in [1.165, 1.54) is 0 Å². The van der Waals surface area contributed by atoms with Gasteiger partial charge in [0.15, 0.2) is 9.84 Å². The number of sulfone groups is 1. The molecule has 1 unspecified atom stereocenters. The van der Waals surface area contributed by atoms with E-state index in [9.17, 15) is 18.0 Å². The van der Waals surface area contributed by atoms with Gasteiger partial charge in [-0.05, 0) is 38.3 Å². The molecule has 1 saturated heterocycles. The first-order valence-corrected chi connectivity index (χ1v) is 10.9. The van der Waals surface area contributed by atoms with E-state index in [-0.39, 0.29) is 17.4 Å². The predicted molar refractivity (Wildman–Crippen MR) is 104 cm³/mol. The Balaban J connectivity index is 1.53. The standard InChI is InChI=1S/C19H25N3O4S/c1-19(2,18(24)22-14-8-10-27(25,26)12-14)17(23)20-9-7-13-11-21-16-6-4-3-5-15(13)16/h3-6,11,14,21H,7-10,12H2,1-2H3,(H,20,23)(H,22,24). The van der Waals surface area contributed by atoms with Crippen LogP contribution < -0.4 is 10.6 Å². The van der Waals surface area contributed by atoms with Crippen molar-refractivity contribution in [2.45, 2.75) is 32.7 Å². The zero-order chi connectivity index (χ0) is 19.7. The van der Waals surface area contributed by atoms with Gasteiger partial charge in [-0.1, -0.05) is 18.2 Å². The summed E-state index contributed by atoms with van der Waals surface area (Å²) in [5.74, 6) is -0.804. The summed E-state index contributed by atoms with van der Waals surface area (Å²) in [6, 6.07) is 7.53. The van der Waals surface area contributed by atoms with Crippen LogP contribution in [0.15, 0.2) is 30.5 Å². The molecule has 1 fully saturated rings. The van der Waals surface area contributed by atoms with Gasteiger partial charge in [0.1, 0.15) is 5.41 Å². The molecule has 1 atom stereocenters. The number of nitrogens with one attached hydrogen (secondary N) is 3. The van der Waals surface area contributed by atoms with Crippen molar-refractivity contribution in [1.29, 1.82) is 0 Å². The lowest BCUT2D eigenvalue weighted by Crippen LogP contribution is -2.51. The summed E-state index contributed by atoms with van der Waals surface area (Å²) in [4.78, 5) is 28.2. The molecule has 0 radical (unpaired) electrons. The summed E-state index contributed by atoms with van der Waals surface area (Å²) in [5.41, 5.74) is 0.876. The van der Waals surface area contributed by atoms with Crippen LogP contribution in [0.1, 0.15) is 25.8 Å². The topological polar surface area (TPSA) is 108 Å². The van der Waals surface area contributed by atoms with Gasteiger partial charge in [-0.2, -0.15) is 0 Å². The first-order chi connectivity index (χ1) is 12.7. The van der Waals surface area contributed by atoms with E-state index in [4.69, 9.17) is 0 Å². The number of fused-ring (bicyclic) bond motifs is 1. The van der Waals surface area contributed by atoms with E-state index in [0.29, 0.717) is 19.4 Å². The summed E-state index contributed by atoms with van der Waals surface area (Å²) in [7, 11) is -3.08. The molecule has 2 amide bonds. The number of benzene rings is 1. The molecule has 7 nitrogen and oxygen atoms in total. The van der Waals surface area contributed by atoms with Gasteiger partial charge >= 0.3 is 0 Å². The SMILES string of the molecule is CC(C)(C(=O)NCCc1c[nH]c2ccccc12)C(=O)NC1CCS(=O)(=O)C1. The number of rotatable bonds is 6. The van der Waals surface area contributed by atoms with Crippen LogP contribution in [0.25, 0.3) is 10.9 Å². The molecule has 1 aromatic carbocycles. The van der Waals surface area contributed by atoms with Crippen molar-refractivity contribution in [1.82, 2.24) is 15.6 Å². The van der Waals surface area contributed by atoms with Crippen LogP contribution in [-0.2, 0) is 25.8 Å². The largest absolute Gasteiger partial charge is 0.361 e. The van der Waals surface area contributed by atoms with Crippen molar-refractivity contribution in [2.24, 2.45) is 5.41 Å². The summed E-state index contributed by atoms with van der Waals surface area (Å²) < 4.78 is 23.0. The van der Waals surface area contributed by atoms with E-state index in [0.717, 1.165) is 16.5 Å². The number of aromatic amines is 1. The van der Waals surface area contributed by atoms with Gasteiger partial charge in [-0.3, -0.25) is 9.59 Å². The minimum Gasteiger partial charge on any atom is -0.361 e. The van der Waals surface area contributed by atoms with Crippen molar-refractivity contribution in [3.63, 3.8) is 0 Å². The molecule has 8 heteroatoms. The fourth-order valence-corrected chi connectivity index (χ4v) is 4.92. The molecule has 0 aliphatic carbocycles. The Morgan fingerprint density at radius 2 is 1.96 bits per heavy atom. The Bertz CT molecular complexity index is 962. The van der Waals surface area contributed by atoms with Gasteiger partial charge in [0.2, 0.25) is 11.8 Å². The van der Waals surface area contributed by atoms with Gasteiger partial charge in [0.25, 0.3) is 0 Å². The molecule has 146 valence electrons. The molecule has 1 aliphatic rings. The number of aromatic nitrogens is 1. The molecular weight excluding hydrogens is 366 g/mol. The molecule has 2 aromatic rings. The number of carbonyl (C=O) groups is 2. The first kappa shape index (κ1) is 19.4. The average Bonchev–Trinajstić information content (AvgIpc) is 3.17. The van der Waals surface area contributed by atoms with Gasteiger partial charge < -0.3 is 15.6 Å². The van der Waals surface area contributed by atoms with Crippen molar-refractivity contribution in [3.05, 3.63) is 36.0 Å². The lowest BCUT2D eigenvalue weighted by Gasteiger charge is -2.24. The smallest absolute Gasteiger partial charge is 0.235 e. The normalized spacial score (nSPS) is 19.1. The number of para-hydroxylation sites is 1. The van der Waals surface area contributed by atoms with Crippen molar-refractivity contribution >= 4 is 32.6 Å². The van der Waals surface area contributed by atoms with Gasteiger partial charge in [0.05, 0.1) is 11.5 Å². The van der Waals surface area contributed by atoms with E-state index >= 15 is 0 Å². The van der Waals surface area contributed by atoms with Crippen LogP contribution in [0.4, 0.5) is 0 Å². The van der Waals surface area contributed by atoms with Crippen molar-refractivity contribution in [3.8, 4) is 0 Å². The summed E-state index contributed by atoms with van der Waals surface area (Å²) in [6.07, 6.45) is 2.97. The maximum absolute atomic E-state index is 12.5. The number of H-pyrrole nitrogens is 1. The molecule has 27 heavy (non-hydrogen) atoms. The highest BCUT2D eigenvalue weighted by atomic mass is 32.2. The Morgan fingerprint density at radius 3 is 2.67 bits per heavy atom. The highest BCUT2D eigenvalue weighted by Crippen LogP contribution is 2.20. The maximum Gasteiger partial charge on any atom is 0.235 e. The number of hydrogen-bond acceptors (Lipinski definition) is 4.